The van der Waals surface area contributed by atoms with Crippen LogP contribution in [0.4, 0.5) is 11.4 Å². The van der Waals surface area contributed by atoms with Crippen molar-refractivity contribution in [1.82, 2.24) is 10.3 Å². The average Bonchev–Trinajstić information content (AvgIpc) is 3.60. The molecule has 4 heterocycles. The number of para-hydroxylation sites is 3. The molecule has 0 saturated carbocycles. The lowest BCUT2D eigenvalue weighted by Gasteiger charge is -2.29. The number of anilines is 2. The molecule has 0 unspecified atom stereocenters. The van der Waals surface area contributed by atoms with Crippen LogP contribution in [0, 0.1) is 18.8 Å². The molecule has 7 rings (SSSR count). The molecule has 7 heteroatoms. The predicted octanol–water partition coefficient (Wildman–Crippen LogP) is 3.64. The molecule has 7 nitrogen and oxygen atoms in total. The van der Waals surface area contributed by atoms with Crippen molar-refractivity contribution < 1.29 is 14.4 Å². The van der Waals surface area contributed by atoms with Gasteiger partial charge in [0.2, 0.25) is 17.7 Å². The normalized spacial score (nSPS) is 26.6. The van der Waals surface area contributed by atoms with Crippen molar-refractivity contribution in [2.24, 2.45) is 11.8 Å². The largest absolute Gasteiger partial charge is 0.361 e. The topological polar surface area (TPSA) is 94.3 Å². The fraction of sp³-hybridized carbons (Fsp3) is 0.207. The van der Waals surface area contributed by atoms with Crippen LogP contribution in [-0.2, 0) is 26.3 Å². The number of aryl methyl sites for hydroxylation is 1. The summed E-state index contributed by atoms with van der Waals surface area (Å²) in [6.45, 7) is 1.94. The van der Waals surface area contributed by atoms with Crippen molar-refractivity contribution in [2.75, 3.05) is 10.2 Å². The van der Waals surface area contributed by atoms with Gasteiger partial charge in [-0.25, -0.2) is 4.90 Å². The van der Waals surface area contributed by atoms with Crippen LogP contribution in [0.15, 0.2) is 79.0 Å². The zero-order chi connectivity index (χ0) is 24.6. The Balaban J connectivity index is 1.39. The molecule has 36 heavy (non-hydrogen) atoms. The van der Waals surface area contributed by atoms with E-state index in [1.165, 1.54) is 4.90 Å². The number of rotatable bonds is 3. The Labute approximate surface area is 207 Å². The first-order valence-electron chi connectivity index (χ1n) is 12.2. The van der Waals surface area contributed by atoms with E-state index in [0.717, 1.165) is 33.3 Å². The van der Waals surface area contributed by atoms with Crippen molar-refractivity contribution in [3.05, 3.63) is 95.7 Å². The van der Waals surface area contributed by atoms with E-state index in [0.29, 0.717) is 12.1 Å². The van der Waals surface area contributed by atoms with Crippen molar-refractivity contribution in [2.45, 2.75) is 24.9 Å². The SMILES string of the molecule is Cc1cccc2c1NC(=O)[C@@]21N[C@H](Cc2c[nH]c3ccccc23)[C@H]2C(=O)N(c3ccccc3)C(=O)[C@H]21. The standard InChI is InChI=1S/C29H24N4O3/c1-16-8-7-12-20-25(16)31-28(36)29(20)24-23(26(34)33(27(24)35)18-9-3-2-4-10-18)22(32-29)14-17-15-30-21-13-6-5-11-19(17)21/h2-13,15,22-24,30,32H,14H2,1H3,(H,31,36)/t22-,23-,24+,29-/m1/s1. The Bertz CT molecular complexity index is 1580. The second-order valence-electron chi connectivity index (χ2n) is 9.92. The number of carbonyl (C=O) groups excluding carboxylic acids is 3. The molecular weight excluding hydrogens is 452 g/mol. The van der Waals surface area contributed by atoms with Gasteiger partial charge in [-0.05, 0) is 42.7 Å². The molecule has 3 N–H and O–H groups in total. The van der Waals surface area contributed by atoms with Gasteiger partial charge < -0.3 is 10.3 Å². The van der Waals surface area contributed by atoms with Gasteiger partial charge in [-0.1, -0.05) is 54.6 Å². The first-order chi connectivity index (χ1) is 17.5. The van der Waals surface area contributed by atoms with Gasteiger partial charge in [0, 0.05) is 34.4 Å². The minimum absolute atomic E-state index is 0.265. The maximum atomic E-state index is 14.0. The molecular formula is C29H24N4O3. The van der Waals surface area contributed by atoms with E-state index in [1.807, 2.05) is 73.8 Å². The van der Waals surface area contributed by atoms with Gasteiger partial charge in [-0.2, -0.15) is 0 Å². The van der Waals surface area contributed by atoms with Gasteiger partial charge in [0.15, 0.2) is 0 Å². The van der Waals surface area contributed by atoms with Crippen LogP contribution in [0.2, 0.25) is 0 Å². The number of fused-ring (bicyclic) bond motifs is 5. The molecule has 3 amide bonds. The Hall–Kier alpha value is -4.23. The van der Waals surface area contributed by atoms with E-state index < -0.39 is 23.4 Å². The lowest BCUT2D eigenvalue weighted by molar-refractivity contribution is -0.130. The van der Waals surface area contributed by atoms with Crippen molar-refractivity contribution in [3.63, 3.8) is 0 Å². The zero-order valence-corrected chi connectivity index (χ0v) is 19.6. The molecule has 4 aromatic rings. The molecule has 1 aromatic heterocycles. The van der Waals surface area contributed by atoms with Crippen LogP contribution in [0.1, 0.15) is 16.7 Å². The number of nitrogens with one attached hydrogen (secondary N) is 3. The molecule has 0 aliphatic carbocycles. The van der Waals surface area contributed by atoms with E-state index in [4.69, 9.17) is 0 Å². The second kappa shape index (κ2) is 7.38. The number of carbonyl (C=O) groups is 3. The van der Waals surface area contributed by atoms with Crippen LogP contribution in [0.3, 0.4) is 0 Å². The highest BCUT2D eigenvalue weighted by molar-refractivity contribution is 6.25. The number of H-pyrrole nitrogens is 1. The number of benzene rings is 3. The van der Waals surface area contributed by atoms with Gasteiger partial charge in [-0.3, -0.25) is 19.7 Å². The molecule has 0 bridgehead atoms. The van der Waals surface area contributed by atoms with E-state index in [9.17, 15) is 14.4 Å². The van der Waals surface area contributed by atoms with Gasteiger partial charge in [-0.15, -0.1) is 0 Å². The highest BCUT2D eigenvalue weighted by Gasteiger charge is 2.70. The summed E-state index contributed by atoms with van der Waals surface area (Å²) in [6.07, 6.45) is 2.46. The van der Waals surface area contributed by atoms with Crippen molar-refractivity contribution in [1.29, 1.82) is 0 Å². The van der Waals surface area contributed by atoms with Crippen LogP contribution in [0.25, 0.3) is 10.9 Å². The van der Waals surface area contributed by atoms with E-state index in [2.05, 4.69) is 15.6 Å². The molecule has 3 aliphatic rings. The van der Waals surface area contributed by atoms with Gasteiger partial charge >= 0.3 is 0 Å². The predicted molar refractivity (Wildman–Crippen MR) is 136 cm³/mol. The van der Waals surface area contributed by atoms with Crippen LogP contribution in [0.5, 0.6) is 0 Å². The minimum atomic E-state index is -1.31. The summed E-state index contributed by atoms with van der Waals surface area (Å²) in [5.74, 6) is -2.40. The van der Waals surface area contributed by atoms with Gasteiger partial charge in [0.05, 0.1) is 17.5 Å². The van der Waals surface area contributed by atoms with Gasteiger partial charge in [0.25, 0.3) is 0 Å². The zero-order valence-electron chi connectivity index (χ0n) is 19.6. The molecule has 3 aliphatic heterocycles. The Morgan fingerprint density at radius 2 is 1.67 bits per heavy atom. The highest BCUT2D eigenvalue weighted by Crippen LogP contribution is 2.54. The number of imide groups is 1. The maximum Gasteiger partial charge on any atom is 0.250 e. The molecule has 2 saturated heterocycles. The highest BCUT2D eigenvalue weighted by atomic mass is 16.2. The molecule has 178 valence electrons. The Morgan fingerprint density at radius 1 is 0.889 bits per heavy atom. The van der Waals surface area contributed by atoms with Crippen LogP contribution >= 0.6 is 0 Å². The molecule has 1 spiro atoms. The fourth-order valence-electron chi connectivity index (χ4n) is 6.52. The molecule has 4 atom stereocenters. The summed E-state index contributed by atoms with van der Waals surface area (Å²) in [5.41, 5.74) is 3.66. The molecule has 2 fully saturated rings. The fourth-order valence-corrected chi connectivity index (χ4v) is 6.52. The van der Waals surface area contributed by atoms with Gasteiger partial charge in [0.1, 0.15) is 5.54 Å². The van der Waals surface area contributed by atoms with E-state index in [1.54, 1.807) is 12.1 Å². The Morgan fingerprint density at radius 3 is 2.50 bits per heavy atom. The minimum Gasteiger partial charge on any atom is -0.361 e. The van der Waals surface area contributed by atoms with Crippen molar-refractivity contribution >= 4 is 40.0 Å². The third-order valence-electron chi connectivity index (χ3n) is 8.09. The average molecular weight is 477 g/mol. The summed E-state index contributed by atoms with van der Waals surface area (Å²) in [6, 6.07) is 22.3. The lowest BCUT2D eigenvalue weighted by atomic mass is 9.76. The monoisotopic (exact) mass is 476 g/mol. The number of hydrogen-bond donors (Lipinski definition) is 3. The Kier molecular flexibility index (Phi) is 4.32. The van der Waals surface area contributed by atoms with Crippen molar-refractivity contribution in [3.8, 4) is 0 Å². The van der Waals surface area contributed by atoms with Crippen LogP contribution < -0.4 is 15.5 Å². The number of hydrogen-bond acceptors (Lipinski definition) is 4. The maximum absolute atomic E-state index is 14.0. The third kappa shape index (κ3) is 2.63. The molecule has 3 aromatic carbocycles. The molecule has 0 radical (unpaired) electrons. The summed E-state index contributed by atoms with van der Waals surface area (Å²) in [4.78, 5) is 46.3. The van der Waals surface area contributed by atoms with E-state index in [-0.39, 0.29) is 17.7 Å². The number of aromatic amines is 1. The number of aromatic nitrogens is 1. The number of nitrogens with zero attached hydrogens (tertiary/aromatic N) is 1. The lowest BCUT2D eigenvalue weighted by Crippen LogP contribution is -2.53. The summed E-state index contributed by atoms with van der Waals surface area (Å²) >= 11 is 0. The first kappa shape index (κ1) is 21.1. The summed E-state index contributed by atoms with van der Waals surface area (Å²) < 4.78 is 0. The van der Waals surface area contributed by atoms with E-state index >= 15 is 0 Å². The third-order valence-corrected chi connectivity index (χ3v) is 8.09. The second-order valence-corrected chi connectivity index (χ2v) is 9.92. The number of amides is 3. The summed E-state index contributed by atoms with van der Waals surface area (Å²) in [7, 11) is 0. The summed E-state index contributed by atoms with van der Waals surface area (Å²) in [5, 5.41) is 7.63. The van der Waals surface area contributed by atoms with Crippen LogP contribution in [-0.4, -0.2) is 28.7 Å². The quantitative estimate of drug-likeness (QED) is 0.394. The smallest absolute Gasteiger partial charge is 0.250 e. The first-order valence-corrected chi connectivity index (χ1v) is 12.2.